The first-order chi connectivity index (χ1) is 9.02. The third kappa shape index (κ3) is 3.00. The Bertz CT molecular complexity index is 510. The highest BCUT2D eigenvalue weighted by Crippen LogP contribution is 2.35. The molecule has 1 heterocycles. The van der Waals surface area contributed by atoms with Crippen LogP contribution in [0.4, 0.5) is 5.69 Å². The number of nitrogens with one attached hydrogen (secondary N) is 1. The number of rotatable bonds is 4. The fourth-order valence-electron chi connectivity index (χ4n) is 2.27. The summed E-state index contributed by atoms with van der Waals surface area (Å²) in [5.41, 5.74) is 3.38. The lowest BCUT2D eigenvalue weighted by Gasteiger charge is -2.34. The van der Waals surface area contributed by atoms with Crippen LogP contribution in [-0.2, 0) is 0 Å². The monoisotopic (exact) mass is 321 g/mol. The smallest absolute Gasteiger partial charge is 0.0917 e. The molecule has 2 unspecified atom stereocenters. The first-order valence-corrected chi connectivity index (χ1v) is 7.28. The zero-order valence-corrected chi connectivity index (χ0v) is 13.2. The van der Waals surface area contributed by atoms with Gasteiger partial charge in [0.25, 0.3) is 0 Å². The van der Waals surface area contributed by atoms with Crippen molar-refractivity contribution in [2.75, 3.05) is 13.6 Å². The van der Waals surface area contributed by atoms with Crippen LogP contribution in [0.25, 0.3) is 0 Å². The van der Waals surface area contributed by atoms with Gasteiger partial charge in [-0.1, -0.05) is 29.4 Å². The van der Waals surface area contributed by atoms with E-state index in [1.165, 1.54) is 5.56 Å². The Morgan fingerprint density at radius 1 is 1.58 bits per heavy atom. The van der Waals surface area contributed by atoms with E-state index >= 15 is 0 Å². The molecule has 1 aliphatic rings. The predicted molar refractivity (Wildman–Crippen MR) is 84.8 cm³/mol. The van der Waals surface area contributed by atoms with Crippen LogP contribution in [0.1, 0.15) is 25.5 Å². The Kier molecular flexibility index (Phi) is 4.30. The van der Waals surface area contributed by atoms with Gasteiger partial charge in [0.1, 0.15) is 0 Å². The molecule has 0 saturated carbocycles. The molecule has 0 spiro atoms. The van der Waals surface area contributed by atoms with Crippen molar-refractivity contribution in [2.45, 2.75) is 19.9 Å². The lowest BCUT2D eigenvalue weighted by Crippen LogP contribution is -2.34. The maximum atomic E-state index is 4.53. The van der Waals surface area contributed by atoms with Gasteiger partial charge >= 0.3 is 0 Å². The molecule has 102 valence electrons. The minimum Gasteiger partial charge on any atom is -0.392 e. The number of hydrogen-bond donors (Lipinski definition) is 1. The zero-order valence-electron chi connectivity index (χ0n) is 11.7. The van der Waals surface area contributed by atoms with Gasteiger partial charge in [-0.05, 0) is 25.1 Å². The molecule has 0 aromatic heterocycles. The molecule has 2 atom stereocenters. The molecule has 4 heteroatoms. The number of halogens is 1. The molecule has 3 nitrogen and oxygen atoms in total. The van der Waals surface area contributed by atoms with Crippen LogP contribution in [0.3, 0.4) is 0 Å². The van der Waals surface area contributed by atoms with E-state index < -0.39 is 0 Å². The largest absolute Gasteiger partial charge is 0.392 e. The Labute approximate surface area is 123 Å². The van der Waals surface area contributed by atoms with E-state index in [0.29, 0.717) is 12.0 Å². The van der Waals surface area contributed by atoms with E-state index in [0.717, 1.165) is 22.4 Å². The van der Waals surface area contributed by atoms with Gasteiger partial charge in [0.2, 0.25) is 0 Å². The first-order valence-electron chi connectivity index (χ1n) is 6.49. The van der Waals surface area contributed by atoms with Crippen molar-refractivity contribution in [1.29, 1.82) is 0 Å². The van der Waals surface area contributed by atoms with Gasteiger partial charge in [0.05, 0.1) is 18.1 Å². The number of aliphatic imine (C=N–C) groups is 1. The number of nitrogens with zero attached hydrogens (tertiary/aromatic N) is 2. The summed E-state index contributed by atoms with van der Waals surface area (Å²) in [6.45, 7) is 9.34. The fraction of sp³-hybridized carbons (Fsp3) is 0.400. The van der Waals surface area contributed by atoms with Crippen molar-refractivity contribution in [2.24, 2.45) is 10.9 Å². The molecule has 1 aliphatic heterocycles. The van der Waals surface area contributed by atoms with Crippen LogP contribution >= 0.6 is 15.9 Å². The number of hydrogen-bond acceptors (Lipinski definition) is 3. The Morgan fingerprint density at radius 2 is 2.32 bits per heavy atom. The summed E-state index contributed by atoms with van der Waals surface area (Å²) in [6.07, 6.45) is 1.94. The SMILES string of the molecule is C=C(NC)C(C)CN1C=Nc2ccc(Br)cc2C1C. The second-order valence-corrected chi connectivity index (χ2v) is 5.91. The second kappa shape index (κ2) is 5.78. The van der Waals surface area contributed by atoms with E-state index in [4.69, 9.17) is 0 Å². The summed E-state index contributed by atoms with van der Waals surface area (Å²) in [7, 11) is 1.92. The summed E-state index contributed by atoms with van der Waals surface area (Å²) in [5.74, 6) is 0.382. The molecule has 19 heavy (non-hydrogen) atoms. The van der Waals surface area contributed by atoms with E-state index in [-0.39, 0.29) is 0 Å². The molecule has 1 N–H and O–H groups in total. The van der Waals surface area contributed by atoms with E-state index in [2.05, 4.69) is 63.7 Å². The van der Waals surface area contributed by atoms with Gasteiger partial charge in [0, 0.05) is 35.2 Å². The van der Waals surface area contributed by atoms with Crippen LogP contribution in [0.2, 0.25) is 0 Å². The minimum atomic E-state index is 0.331. The Balaban J connectivity index is 2.17. The molecule has 0 aliphatic carbocycles. The zero-order chi connectivity index (χ0) is 14.0. The molecular formula is C15H20BrN3. The fourth-order valence-corrected chi connectivity index (χ4v) is 2.65. The van der Waals surface area contributed by atoms with Crippen LogP contribution in [0, 0.1) is 5.92 Å². The number of benzene rings is 1. The first kappa shape index (κ1) is 14.1. The van der Waals surface area contributed by atoms with Gasteiger partial charge < -0.3 is 10.2 Å². The summed E-state index contributed by atoms with van der Waals surface area (Å²) >= 11 is 3.53. The molecule has 0 saturated heterocycles. The minimum absolute atomic E-state index is 0.331. The van der Waals surface area contributed by atoms with Gasteiger partial charge in [-0.25, -0.2) is 4.99 Å². The van der Waals surface area contributed by atoms with Crippen molar-refractivity contribution in [3.8, 4) is 0 Å². The molecule has 0 radical (unpaired) electrons. The summed E-state index contributed by atoms with van der Waals surface area (Å²) in [6, 6.07) is 6.57. The molecule has 0 amide bonds. The molecule has 0 bridgehead atoms. The Hall–Kier alpha value is -1.29. The average molecular weight is 322 g/mol. The molecule has 0 fully saturated rings. The van der Waals surface area contributed by atoms with Crippen molar-refractivity contribution in [1.82, 2.24) is 10.2 Å². The highest BCUT2D eigenvalue weighted by molar-refractivity contribution is 9.10. The van der Waals surface area contributed by atoms with Gasteiger partial charge in [-0.15, -0.1) is 0 Å². The standard InChI is InChI=1S/C15H20BrN3/c1-10(11(2)17-4)8-19-9-18-15-6-5-13(16)7-14(15)12(19)3/h5-7,9-10,12,17H,2,8H2,1,3-4H3. The third-order valence-electron chi connectivity index (χ3n) is 3.68. The summed E-state index contributed by atoms with van der Waals surface area (Å²) in [5, 5.41) is 3.12. The molecule has 1 aromatic rings. The number of fused-ring (bicyclic) bond motifs is 1. The highest BCUT2D eigenvalue weighted by atomic mass is 79.9. The van der Waals surface area contributed by atoms with Crippen molar-refractivity contribution < 1.29 is 0 Å². The second-order valence-electron chi connectivity index (χ2n) is 5.00. The van der Waals surface area contributed by atoms with Crippen molar-refractivity contribution >= 4 is 28.0 Å². The highest BCUT2D eigenvalue weighted by Gasteiger charge is 2.22. The van der Waals surface area contributed by atoms with Gasteiger partial charge in [-0.3, -0.25) is 0 Å². The molecular weight excluding hydrogens is 302 g/mol. The summed E-state index contributed by atoms with van der Waals surface area (Å²) in [4.78, 5) is 6.80. The average Bonchev–Trinajstić information content (AvgIpc) is 2.41. The van der Waals surface area contributed by atoms with Crippen molar-refractivity contribution in [3.05, 3.63) is 40.5 Å². The maximum absolute atomic E-state index is 4.53. The van der Waals surface area contributed by atoms with Gasteiger partial charge in [-0.2, -0.15) is 0 Å². The van der Waals surface area contributed by atoms with E-state index in [1.54, 1.807) is 0 Å². The van der Waals surface area contributed by atoms with Crippen LogP contribution in [0.15, 0.2) is 39.9 Å². The lowest BCUT2D eigenvalue weighted by atomic mass is 10.0. The van der Waals surface area contributed by atoms with Crippen LogP contribution in [-0.4, -0.2) is 24.8 Å². The normalized spacial score (nSPS) is 18.9. The summed E-state index contributed by atoms with van der Waals surface area (Å²) < 4.78 is 1.10. The van der Waals surface area contributed by atoms with Crippen molar-refractivity contribution in [3.63, 3.8) is 0 Å². The van der Waals surface area contributed by atoms with Crippen LogP contribution in [0.5, 0.6) is 0 Å². The maximum Gasteiger partial charge on any atom is 0.0917 e. The lowest BCUT2D eigenvalue weighted by molar-refractivity contribution is 0.308. The predicted octanol–water partition coefficient (Wildman–Crippen LogP) is 3.85. The van der Waals surface area contributed by atoms with E-state index in [1.807, 2.05) is 19.5 Å². The topological polar surface area (TPSA) is 27.6 Å². The van der Waals surface area contributed by atoms with Crippen LogP contribution < -0.4 is 5.32 Å². The molecule has 2 rings (SSSR count). The van der Waals surface area contributed by atoms with Gasteiger partial charge in [0.15, 0.2) is 0 Å². The molecule has 1 aromatic carbocycles. The third-order valence-corrected chi connectivity index (χ3v) is 4.18. The quantitative estimate of drug-likeness (QED) is 0.912. The van der Waals surface area contributed by atoms with E-state index in [9.17, 15) is 0 Å². The Morgan fingerprint density at radius 3 is 3.00 bits per heavy atom.